The second-order valence-corrected chi connectivity index (χ2v) is 14.5. The normalized spacial score (nSPS) is 14.0. The van der Waals surface area contributed by atoms with Gasteiger partial charge in [-0.3, -0.25) is 0 Å². The molecular formula is C13H22OSi2. The fourth-order valence-electron chi connectivity index (χ4n) is 1.66. The lowest BCUT2D eigenvalue weighted by atomic mass is 10.2. The summed E-state index contributed by atoms with van der Waals surface area (Å²) >= 11 is 0. The van der Waals surface area contributed by atoms with Crippen molar-refractivity contribution in [2.75, 3.05) is 0 Å². The van der Waals surface area contributed by atoms with E-state index in [1.165, 1.54) is 10.8 Å². The predicted octanol–water partition coefficient (Wildman–Crippen LogP) is 3.68. The number of hydrogen-bond donors (Lipinski definition) is 1. The first-order valence-corrected chi connectivity index (χ1v) is 12.2. The van der Waals surface area contributed by atoms with Crippen LogP contribution in [0, 0.1) is 0 Å². The summed E-state index contributed by atoms with van der Waals surface area (Å²) in [5.41, 5.74) is 3.53. The minimum Gasteiger partial charge on any atom is -0.428 e. The molecule has 0 aliphatic carbocycles. The van der Waals surface area contributed by atoms with E-state index in [0.29, 0.717) is 0 Å². The number of rotatable bonds is 3. The molecule has 1 aromatic carbocycles. The average Bonchev–Trinajstić information content (AvgIpc) is 2.13. The van der Waals surface area contributed by atoms with E-state index in [-0.39, 0.29) is 0 Å². The molecule has 0 amide bonds. The summed E-state index contributed by atoms with van der Waals surface area (Å²) < 4.78 is 0. The van der Waals surface area contributed by atoms with Crippen LogP contribution < -0.4 is 0 Å². The van der Waals surface area contributed by atoms with Gasteiger partial charge in [0, 0.05) is 0 Å². The lowest BCUT2D eigenvalue weighted by molar-refractivity contribution is 0.570. The van der Waals surface area contributed by atoms with Crippen LogP contribution in [0.5, 0.6) is 0 Å². The highest BCUT2D eigenvalue weighted by Gasteiger charge is 2.26. The monoisotopic (exact) mass is 250 g/mol. The van der Waals surface area contributed by atoms with E-state index in [1.807, 2.05) is 31.3 Å². The van der Waals surface area contributed by atoms with Crippen LogP contribution in [0.3, 0.4) is 0 Å². The van der Waals surface area contributed by atoms with Gasteiger partial charge in [0.05, 0.1) is 8.07 Å². The largest absolute Gasteiger partial charge is 0.428 e. The van der Waals surface area contributed by atoms with Crippen LogP contribution in [-0.4, -0.2) is 21.2 Å². The molecule has 0 bridgehead atoms. The fraction of sp³-hybridized carbons (Fsp3) is 0.385. The van der Waals surface area contributed by atoms with Crippen LogP contribution in [-0.2, 0) is 0 Å². The van der Waals surface area contributed by atoms with Crippen molar-refractivity contribution in [1.82, 2.24) is 0 Å². The summed E-state index contributed by atoms with van der Waals surface area (Å²) in [5.74, 6) is 0. The maximum atomic E-state index is 10.4. The van der Waals surface area contributed by atoms with Gasteiger partial charge in [-0.2, -0.15) is 0 Å². The minimum absolute atomic E-state index is 1.18. The van der Waals surface area contributed by atoms with Gasteiger partial charge in [0.2, 0.25) is 8.32 Å². The first-order chi connectivity index (χ1) is 7.20. The summed E-state index contributed by atoms with van der Waals surface area (Å²) in [7, 11) is -3.54. The molecule has 0 heterocycles. The van der Waals surface area contributed by atoms with Crippen LogP contribution >= 0.6 is 0 Å². The van der Waals surface area contributed by atoms with Gasteiger partial charge in [0.25, 0.3) is 0 Å². The van der Waals surface area contributed by atoms with Gasteiger partial charge in [-0.05, 0) is 23.9 Å². The SMILES string of the molecule is C[Si](C)(C)/C=C(\c1ccccc1)[Si](C)(C)O. The van der Waals surface area contributed by atoms with Gasteiger partial charge < -0.3 is 4.80 Å². The third kappa shape index (κ3) is 4.08. The summed E-state index contributed by atoms with van der Waals surface area (Å²) in [6.45, 7) is 10.9. The Labute approximate surface area is 101 Å². The van der Waals surface area contributed by atoms with E-state index >= 15 is 0 Å². The van der Waals surface area contributed by atoms with Crippen LogP contribution in [0.2, 0.25) is 32.7 Å². The molecule has 0 radical (unpaired) electrons. The van der Waals surface area contributed by atoms with Gasteiger partial charge >= 0.3 is 0 Å². The molecule has 0 fully saturated rings. The summed E-state index contributed by atoms with van der Waals surface area (Å²) in [5, 5.41) is 1.19. The van der Waals surface area contributed by atoms with Gasteiger partial charge in [-0.1, -0.05) is 55.7 Å². The van der Waals surface area contributed by atoms with Crippen molar-refractivity contribution in [2.24, 2.45) is 0 Å². The molecule has 1 aromatic rings. The third-order valence-corrected chi connectivity index (χ3v) is 5.52. The molecule has 1 nitrogen and oxygen atoms in total. The standard InChI is InChI=1S/C13H22OSi2/c1-15(2,3)11-13(16(4,5)14)12-9-7-6-8-10-12/h6-11,14H,1-5H3/b13-11+. The molecule has 16 heavy (non-hydrogen) atoms. The van der Waals surface area contributed by atoms with E-state index in [2.05, 4.69) is 37.5 Å². The molecule has 0 aliphatic rings. The van der Waals surface area contributed by atoms with E-state index in [4.69, 9.17) is 0 Å². The summed E-state index contributed by atoms with van der Waals surface area (Å²) in [6.07, 6.45) is 0. The number of benzene rings is 1. The van der Waals surface area contributed by atoms with Gasteiger partial charge in [-0.15, -0.1) is 0 Å². The molecule has 1 N–H and O–H groups in total. The third-order valence-electron chi connectivity index (χ3n) is 2.32. The predicted molar refractivity (Wildman–Crippen MR) is 77.5 cm³/mol. The Morgan fingerprint density at radius 2 is 1.50 bits per heavy atom. The Hall–Kier alpha value is -0.646. The molecule has 0 aliphatic heterocycles. The summed E-state index contributed by atoms with van der Waals surface area (Å²) in [6, 6.07) is 10.3. The van der Waals surface area contributed by atoms with Crippen molar-refractivity contribution in [1.29, 1.82) is 0 Å². The molecular weight excluding hydrogens is 228 g/mol. The van der Waals surface area contributed by atoms with Crippen molar-refractivity contribution in [3.8, 4) is 0 Å². The second-order valence-electron chi connectivity index (χ2n) is 5.85. The first kappa shape index (κ1) is 13.4. The van der Waals surface area contributed by atoms with E-state index in [1.54, 1.807) is 0 Å². The van der Waals surface area contributed by atoms with E-state index in [9.17, 15) is 4.80 Å². The van der Waals surface area contributed by atoms with Crippen LogP contribution in [0.15, 0.2) is 36.0 Å². The van der Waals surface area contributed by atoms with Gasteiger partial charge in [0.1, 0.15) is 0 Å². The van der Waals surface area contributed by atoms with Crippen LogP contribution in [0.25, 0.3) is 5.20 Å². The molecule has 0 atom stereocenters. The molecule has 0 unspecified atom stereocenters. The molecule has 3 heteroatoms. The van der Waals surface area contributed by atoms with Crippen LogP contribution in [0.4, 0.5) is 0 Å². The minimum atomic E-state index is -2.24. The summed E-state index contributed by atoms with van der Waals surface area (Å²) in [4.78, 5) is 10.4. The zero-order valence-electron chi connectivity index (χ0n) is 10.9. The van der Waals surface area contributed by atoms with Crippen molar-refractivity contribution in [3.05, 3.63) is 41.6 Å². The van der Waals surface area contributed by atoms with E-state index in [0.717, 1.165) is 0 Å². The quantitative estimate of drug-likeness (QED) is 0.811. The van der Waals surface area contributed by atoms with Crippen LogP contribution in [0.1, 0.15) is 5.56 Å². The highest BCUT2D eigenvalue weighted by Crippen LogP contribution is 2.26. The molecule has 88 valence electrons. The van der Waals surface area contributed by atoms with Gasteiger partial charge in [-0.25, -0.2) is 0 Å². The molecule has 0 saturated carbocycles. The van der Waals surface area contributed by atoms with Gasteiger partial charge in [0.15, 0.2) is 0 Å². The highest BCUT2D eigenvalue weighted by atomic mass is 28.4. The first-order valence-electron chi connectivity index (χ1n) is 5.71. The van der Waals surface area contributed by atoms with Crippen molar-refractivity contribution < 1.29 is 4.80 Å². The molecule has 1 rings (SSSR count). The Morgan fingerprint density at radius 3 is 1.88 bits per heavy atom. The molecule has 0 spiro atoms. The lowest BCUT2D eigenvalue weighted by Crippen LogP contribution is -2.31. The maximum Gasteiger partial charge on any atom is 0.213 e. The zero-order valence-corrected chi connectivity index (χ0v) is 12.9. The van der Waals surface area contributed by atoms with E-state index < -0.39 is 16.4 Å². The Bertz CT molecular complexity index is 369. The average molecular weight is 250 g/mol. The highest BCUT2D eigenvalue weighted by molar-refractivity contribution is 6.93. The topological polar surface area (TPSA) is 20.2 Å². The Kier molecular flexibility index (Phi) is 3.94. The lowest BCUT2D eigenvalue weighted by Gasteiger charge is -2.23. The van der Waals surface area contributed by atoms with Crippen molar-refractivity contribution >= 4 is 21.6 Å². The Balaban J connectivity index is 3.24. The van der Waals surface area contributed by atoms with Crippen molar-refractivity contribution in [2.45, 2.75) is 32.7 Å². The number of hydrogen-bond acceptors (Lipinski definition) is 1. The molecule has 0 saturated heterocycles. The smallest absolute Gasteiger partial charge is 0.213 e. The fourth-order valence-corrected chi connectivity index (χ4v) is 6.28. The van der Waals surface area contributed by atoms with Crippen molar-refractivity contribution in [3.63, 3.8) is 0 Å². The maximum absolute atomic E-state index is 10.4. The molecule has 0 aromatic heterocycles. The second kappa shape index (κ2) is 4.69. The zero-order chi connectivity index (χ0) is 12.4. The Morgan fingerprint density at radius 1 is 1.00 bits per heavy atom.